The molecular weight excluding hydrogens is 295 g/mol. The van der Waals surface area contributed by atoms with Gasteiger partial charge in [-0.05, 0) is 18.2 Å². The molecule has 0 bridgehead atoms. The van der Waals surface area contributed by atoms with Crippen molar-refractivity contribution in [2.75, 3.05) is 14.2 Å². The van der Waals surface area contributed by atoms with E-state index in [4.69, 9.17) is 25.8 Å². The summed E-state index contributed by atoms with van der Waals surface area (Å²) in [7, 11) is 3.04. The Labute approximate surface area is 128 Å². The number of para-hydroxylation sites is 1. The van der Waals surface area contributed by atoms with Crippen LogP contribution in [-0.2, 0) is 12.5 Å². The van der Waals surface area contributed by atoms with E-state index in [1.54, 1.807) is 25.3 Å². The lowest BCUT2D eigenvalue weighted by Gasteiger charge is -2.14. The maximum Gasteiger partial charge on any atom is 0.166 e. The van der Waals surface area contributed by atoms with Crippen LogP contribution in [-0.4, -0.2) is 14.2 Å². The van der Waals surface area contributed by atoms with Crippen LogP contribution in [0.2, 0.25) is 0 Å². The van der Waals surface area contributed by atoms with E-state index in [0.717, 1.165) is 5.56 Å². The lowest BCUT2D eigenvalue weighted by Crippen LogP contribution is -2.02. The zero-order valence-corrected chi connectivity index (χ0v) is 12.6. The van der Waals surface area contributed by atoms with Crippen LogP contribution in [0.3, 0.4) is 0 Å². The molecule has 2 aromatic carbocycles. The van der Waals surface area contributed by atoms with E-state index in [1.807, 2.05) is 12.1 Å². The summed E-state index contributed by atoms with van der Waals surface area (Å²) in [5.74, 6) is 1.48. The molecule has 21 heavy (non-hydrogen) atoms. The first kappa shape index (κ1) is 15.4. The van der Waals surface area contributed by atoms with Crippen LogP contribution in [0, 0.1) is 5.82 Å². The van der Waals surface area contributed by atoms with E-state index >= 15 is 0 Å². The van der Waals surface area contributed by atoms with Gasteiger partial charge in [0.05, 0.1) is 20.1 Å². The van der Waals surface area contributed by atoms with Gasteiger partial charge < -0.3 is 14.2 Å². The number of benzene rings is 2. The number of rotatable bonds is 6. The van der Waals surface area contributed by atoms with Crippen molar-refractivity contribution < 1.29 is 18.6 Å². The molecule has 0 spiro atoms. The largest absolute Gasteiger partial charge is 0.497 e. The summed E-state index contributed by atoms with van der Waals surface area (Å²) < 4.78 is 29.8. The molecule has 112 valence electrons. The quantitative estimate of drug-likeness (QED) is 0.750. The predicted octanol–water partition coefficient (Wildman–Crippen LogP) is 4.16. The van der Waals surface area contributed by atoms with Gasteiger partial charge in [-0.25, -0.2) is 4.39 Å². The summed E-state index contributed by atoms with van der Waals surface area (Å²) >= 11 is 5.89. The first-order chi connectivity index (χ1) is 10.2. The van der Waals surface area contributed by atoms with Crippen LogP contribution in [0.15, 0.2) is 36.4 Å². The Morgan fingerprint density at radius 1 is 1.05 bits per heavy atom. The highest BCUT2D eigenvalue weighted by molar-refractivity contribution is 6.17. The Bertz CT molecular complexity index is 594. The summed E-state index contributed by atoms with van der Waals surface area (Å²) in [6, 6.07) is 10.1. The van der Waals surface area contributed by atoms with E-state index in [1.165, 1.54) is 13.2 Å². The smallest absolute Gasteiger partial charge is 0.166 e. The molecule has 5 heteroatoms. The molecule has 0 amide bonds. The average molecular weight is 311 g/mol. The molecule has 0 atom stereocenters. The van der Waals surface area contributed by atoms with E-state index in [-0.39, 0.29) is 18.3 Å². The summed E-state index contributed by atoms with van der Waals surface area (Å²) in [5, 5.41) is 0. The van der Waals surface area contributed by atoms with Gasteiger partial charge in [0.1, 0.15) is 18.2 Å². The number of hydrogen-bond acceptors (Lipinski definition) is 3. The van der Waals surface area contributed by atoms with Gasteiger partial charge in [-0.2, -0.15) is 0 Å². The zero-order valence-electron chi connectivity index (χ0n) is 11.9. The molecule has 0 aliphatic rings. The fourth-order valence-electron chi connectivity index (χ4n) is 1.91. The maximum atomic E-state index is 13.9. The molecule has 0 N–H and O–H groups in total. The third kappa shape index (κ3) is 3.58. The Balaban J connectivity index is 2.20. The monoisotopic (exact) mass is 310 g/mol. The van der Waals surface area contributed by atoms with Gasteiger partial charge >= 0.3 is 0 Å². The molecule has 0 aliphatic carbocycles. The van der Waals surface area contributed by atoms with Crippen molar-refractivity contribution in [2.45, 2.75) is 12.5 Å². The summed E-state index contributed by atoms with van der Waals surface area (Å²) in [6.45, 7) is 0.0834. The van der Waals surface area contributed by atoms with Gasteiger partial charge in [-0.1, -0.05) is 12.1 Å². The fraction of sp³-hybridized carbons (Fsp3) is 0.250. The van der Waals surface area contributed by atoms with Crippen molar-refractivity contribution in [3.63, 3.8) is 0 Å². The second kappa shape index (κ2) is 7.18. The lowest BCUT2D eigenvalue weighted by atomic mass is 10.2. The van der Waals surface area contributed by atoms with Crippen LogP contribution in [0.1, 0.15) is 11.1 Å². The zero-order chi connectivity index (χ0) is 15.2. The predicted molar refractivity (Wildman–Crippen MR) is 79.8 cm³/mol. The Morgan fingerprint density at radius 2 is 1.86 bits per heavy atom. The number of alkyl halides is 1. The highest BCUT2D eigenvalue weighted by Crippen LogP contribution is 2.33. The maximum absolute atomic E-state index is 13.9. The number of hydrogen-bond donors (Lipinski definition) is 0. The van der Waals surface area contributed by atoms with Gasteiger partial charge in [-0.3, -0.25) is 0 Å². The molecule has 0 radical (unpaired) electrons. The molecule has 0 fully saturated rings. The number of halogens is 2. The molecule has 0 heterocycles. The molecule has 2 rings (SSSR count). The second-order valence-corrected chi connectivity index (χ2v) is 4.60. The van der Waals surface area contributed by atoms with Crippen LogP contribution in [0.5, 0.6) is 17.2 Å². The van der Waals surface area contributed by atoms with Crippen molar-refractivity contribution in [3.8, 4) is 17.2 Å². The van der Waals surface area contributed by atoms with E-state index in [9.17, 15) is 4.39 Å². The van der Waals surface area contributed by atoms with Gasteiger partial charge in [-0.15, -0.1) is 11.6 Å². The summed E-state index contributed by atoms with van der Waals surface area (Å²) in [4.78, 5) is 0. The first-order valence-electron chi connectivity index (χ1n) is 6.36. The third-order valence-electron chi connectivity index (χ3n) is 3.06. The van der Waals surface area contributed by atoms with Crippen molar-refractivity contribution >= 4 is 11.6 Å². The second-order valence-electron chi connectivity index (χ2n) is 4.33. The SMILES string of the molecule is COc1ccc(COc2c(CCl)cccc2OC)c(F)c1. The highest BCUT2D eigenvalue weighted by atomic mass is 35.5. The minimum atomic E-state index is -0.378. The molecule has 0 saturated carbocycles. The van der Waals surface area contributed by atoms with Crippen molar-refractivity contribution in [1.29, 1.82) is 0 Å². The van der Waals surface area contributed by atoms with Gasteiger partial charge in [0.2, 0.25) is 0 Å². The third-order valence-corrected chi connectivity index (χ3v) is 3.34. The van der Waals surface area contributed by atoms with Crippen LogP contribution in [0.25, 0.3) is 0 Å². The van der Waals surface area contributed by atoms with Crippen molar-refractivity contribution in [1.82, 2.24) is 0 Å². The lowest BCUT2D eigenvalue weighted by molar-refractivity contribution is 0.277. The molecule has 0 aromatic heterocycles. The Kier molecular flexibility index (Phi) is 5.28. The first-order valence-corrected chi connectivity index (χ1v) is 6.90. The molecule has 0 aliphatic heterocycles. The standard InChI is InChI=1S/C16H16ClFO3/c1-19-13-7-6-12(14(18)8-13)10-21-16-11(9-17)4-3-5-15(16)20-2/h3-8H,9-10H2,1-2H3. The van der Waals surface area contributed by atoms with E-state index in [0.29, 0.717) is 22.8 Å². The van der Waals surface area contributed by atoms with E-state index in [2.05, 4.69) is 0 Å². The van der Waals surface area contributed by atoms with Crippen LogP contribution < -0.4 is 14.2 Å². The molecule has 2 aromatic rings. The topological polar surface area (TPSA) is 27.7 Å². The summed E-state index contributed by atoms with van der Waals surface area (Å²) in [5.41, 5.74) is 1.23. The Hall–Kier alpha value is -1.94. The highest BCUT2D eigenvalue weighted by Gasteiger charge is 2.12. The Morgan fingerprint density at radius 3 is 2.48 bits per heavy atom. The van der Waals surface area contributed by atoms with Gasteiger partial charge in [0.15, 0.2) is 11.5 Å². The normalized spacial score (nSPS) is 10.3. The fourth-order valence-corrected chi connectivity index (χ4v) is 2.12. The van der Waals surface area contributed by atoms with Crippen molar-refractivity contribution in [3.05, 3.63) is 53.3 Å². The van der Waals surface area contributed by atoms with Crippen LogP contribution >= 0.6 is 11.6 Å². The minimum Gasteiger partial charge on any atom is -0.497 e. The van der Waals surface area contributed by atoms with Gasteiger partial charge in [0.25, 0.3) is 0 Å². The molecule has 0 unspecified atom stereocenters. The van der Waals surface area contributed by atoms with E-state index < -0.39 is 0 Å². The van der Waals surface area contributed by atoms with Crippen molar-refractivity contribution in [2.24, 2.45) is 0 Å². The summed E-state index contributed by atoms with van der Waals surface area (Å²) in [6.07, 6.45) is 0. The minimum absolute atomic E-state index is 0.0834. The molecular formula is C16H16ClFO3. The van der Waals surface area contributed by atoms with Crippen LogP contribution in [0.4, 0.5) is 4.39 Å². The molecule has 0 saturated heterocycles. The van der Waals surface area contributed by atoms with Gasteiger partial charge in [0, 0.05) is 17.2 Å². The average Bonchev–Trinajstić information content (AvgIpc) is 2.53. The number of methoxy groups -OCH3 is 2. The molecule has 3 nitrogen and oxygen atoms in total. The number of ether oxygens (including phenoxy) is 3.